The Morgan fingerprint density at radius 3 is 2.48 bits per heavy atom. The highest BCUT2D eigenvalue weighted by molar-refractivity contribution is 7.19. The predicted molar refractivity (Wildman–Crippen MR) is 171 cm³/mol. The van der Waals surface area contributed by atoms with Gasteiger partial charge in [-0.2, -0.15) is 5.10 Å². The summed E-state index contributed by atoms with van der Waals surface area (Å²) in [5.41, 5.74) is 3.12. The molecule has 0 unspecified atom stereocenters. The average Bonchev–Trinajstić information content (AvgIpc) is 3.66. The normalized spacial score (nSPS) is 13.2. The molecule has 0 saturated carbocycles. The molecule has 1 aliphatic rings. The summed E-state index contributed by atoms with van der Waals surface area (Å²) in [6.45, 7) is 4.97. The van der Waals surface area contributed by atoms with Crippen LogP contribution in [0.3, 0.4) is 0 Å². The molecule has 0 aliphatic carbocycles. The lowest BCUT2D eigenvalue weighted by molar-refractivity contribution is -0.119. The van der Waals surface area contributed by atoms with Crippen LogP contribution in [0.1, 0.15) is 38.8 Å². The first kappa shape index (κ1) is 29.0. The number of carbonyl (C=O) groups excluding carboxylic acids is 2. The van der Waals surface area contributed by atoms with Crippen LogP contribution in [-0.4, -0.2) is 43.2 Å². The third-order valence-corrected chi connectivity index (χ3v) is 7.97. The van der Waals surface area contributed by atoms with Gasteiger partial charge in [0.05, 0.1) is 34.3 Å². The number of urea groups is 1. The van der Waals surface area contributed by atoms with E-state index in [2.05, 4.69) is 39.4 Å². The Morgan fingerprint density at radius 2 is 1.75 bits per heavy atom. The van der Waals surface area contributed by atoms with Gasteiger partial charge < -0.3 is 10.1 Å². The Balaban J connectivity index is 1.06. The number of para-hydroxylation sites is 1. The van der Waals surface area contributed by atoms with Crippen molar-refractivity contribution in [2.24, 2.45) is 5.92 Å². The van der Waals surface area contributed by atoms with Crippen molar-refractivity contribution in [1.82, 2.24) is 24.7 Å². The minimum absolute atomic E-state index is 0.133. The molecule has 1 saturated heterocycles. The number of piperidine rings is 1. The van der Waals surface area contributed by atoms with Crippen LogP contribution in [0.4, 0.5) is 21.4 Å². The first-order valence-electron chi connectivity index (χ1n) is 14.5. The second kappa shape index (κ2) is 13.0. The number of anilines is 3. The molecule has 1 fully saturated rings. The minimum atomic E-state index is -0.443. The first-order chi connectivity index (χ1) is 21.4. The largest absolute Gasteiger partial charge is 0.424 e. The van der Waals surface area contributed by atoms with Gasteiger partial charge in [-0.25, -0.2) is 24.4 Å². The average molecular weight is 609 g/mol. The monoisotopic (exact) mass is 608 g/mol. The quantitative estimate of drug-likeness (QED) is 0.186. The van der Waals surface area contributed by atoms with Crippen LogP contribution >= 0.6 is 11.3 Å². The van der Waals surface area contributed by atoms with Crippen LogP contribution in [0.5, 0.6) is 11.8 Å². The third-order valence-electron chi connectivity index (χ3n) is 6.90. The highest BCUT2D eigenvalue weighted by atomic mass is 32.1. The summed E-state index contributed by atoms with van der Waals surface area (Å²) in [5.74, 6) is 1.68. The number of nitrogens with one attached hydrogen (secondary N) is 2. The number of benzene rings is 2. The number of amides is 3. The van der Waals surface area contributed by atoms with Gasteiger partial charge in [0.15, 0.2) is 5.13 Å². The maximum Gasteiger partial charge on any atom is 0.324 e. The van der Waals surface area contributed by atoms with Crippen molar-refractivity contribution in [3.8, 4) is 27.9 Å². The third kappa shape index (κ3) is 6.92. The SMILES string of the molecule is CC(C)Cc1cc(NC(=O)Nc2cnc(Oc3ccc(-c4cnc(N5CCCCC5=O)s4)cc3)nc2)n(-c2ccccc2)n1. The van der Waals surface area contributed by atoms with Gasteiger partial charge >= 0.3 is 12.0 Å². The molecule has 2 aromatic carbocycles. The van der Waals surface area contributed by atoms with Crippen molar-refractivity contribution >= 4 is 39.9 Å². The summed E-state index contributed by atoms with van der Waals surface area (Å²) in [6, 6.07) is 18.8. The van der Waals surface area contributed by atoms with Crippen molar-refractivity contribution < 1.29 is 14.3 Å². The summed E-state index contributed by atoms with van der Waals surface area (Å²) in [6.07, 6.45) is 8.07. The highest BCUT2D eigenvalue weighted by Crippen LogP contribution is 2.34. The highest BCUT2D eigenvalue weighted by Gasteiger charge is 2.22. The number of thiazole rings is 1. The van der Waals surface area contributed by atoms with Crippen LogP contribution in [0, 0.1) is 5.92 Å². The molecule has 0 spiro atoms. The summed E-state index contributed by atoms with van der Waals surface area (Å²) < 4.78 is 7.53. The van der Waals surface area contributed by atoms with E-state index >= 15 is 0 Å². The number of nitrogens with zero attached hydrogens (tertiary/aromatic N) is 6. The van der Waals surface area contributed by atoms with E-state index in [9.17, 15) is 9.59 Å². The number of carbonyl (C=O) groups is 2. The van der Waals surface area contributed by atoms with Crippen molar-refractivity contribution in [2.75, 3.05) is 22.1 Å². The molecule has 4 heterocycles. The molecule has 2 N–H and O–H groups in total. The summed E-state index contributed by atoms with van der Waals surface area (Å²) in [4.78, 5) is 40.8. The zero-order valence-corrected chi connectivity index (χ0v) is 25.3. The van der Waals surface area contributed by atoms with Gasteiger partial charge in [-0.05, 0) is 67.1 Å². The fourth-order valence-electron chi connectivity index (χ4n) is 4.84. The van der Waals surface area contributed by atoms with Gasteiger partial charge in [0.2, 0.25) is 5.91 Å². The van der Waals surface area contributed by atoms with E-state index in [-0.39, 0.29) is 11.9 Å². The lowest BCUT2D eigenvalue weighted by atomic mass is 10.1. The molecule has 0 bridgehead atoms. The van der Waals surface area contributed by atoms with E-state index < -0.39 is 6.03 Å². The molecule has 3 amide bonds. The standard InChI is InChI=1S/C32H32N8O3S/c1-21(2)16-23-17-28(40(38-23)25-8-4-3-5-9-25)37-30(42)36-24-18-33-31(34-19-24)43-26-13-11-22(12-14-26)27-20-35-32(44-27)39-15-7-6-10-29(39)41/h3-5,8-9,11-14,17-21H,6-7,10,15-16H2,1-2H3,(H2,36,37,42). The van der Waals surface area contributed by atoms with Gasteiger partial charge in [-0.1, -0.05) is 43.4 Å². The smallest absolute Gasteiger partial charge is 0.324 e. The molecular weight excluding hydrogens is 576 g/mol. The molecule has 224 valence electrons. The van der Waals surface area contributed by atoms with Crippen LogP contribution in [0.2, 0.25) is 0 Å². The molecule has 3 aromatic heterocycles. The van der Waals surface area contributed by atoms with Crippen molar-refractivity contribution in [2.45, 2.75) is 39.5 Å². The number of rotatable bonds is 9. The fraction of sp³-hybridized carbons (Fsp3) is 0.250. The van der Waals surface area contributed by atoms with E-state index in [1.807, 2.05) is 60.7 Å². The molecular formula is C32H32N8O3S. The number of hydrogen-bond acceptors (Lipinski definition) is 8. The second-order valence-electron chi connectivity index (χ2n) is 10.8. The molecule has 0 radical (unpaired) electrons. The Bertz CT molecular complexity index is 1730. The van der Waals surface area contributed by atoms with E-state index in [0.717, 1.165) is 52.8 Å². The predicted octanol–water partition coefficient (Wildman–Crippen LogP) is 6.94. The lowest BCUT2D eigenvalue weighted by Crippen LogP contribution is -2.34. The van der Waals surface area contributed by atoms with Gasteiger partial charge in [0, 0.05) is 25.2 Å². The summed E-state index contributed by atoms with van der Waals surface area (Å²) in [7, 11) is 0. The molecule has 12 heteroatoms. The Kier molecular flexibility index (Phi) is 8.59. The van der Waals surface area contributed by atoms with Crippen LogP contribution < -0.4 is 20.3 Å². The molecule has 0 atom stereocenters. The Labute approximate surface area is 259 Å². The molecule has 11 nitrogen and oxygen atoms in total. The van der Waals surface area contributed by atoms with Crippen molar-refractivity contribution in [3.05, 3.63) is 84.9 Å². The lowest BCUT2D eigenvalue weighted by Gasteiger charge is -2.23. The van der Waals surface area contributed by atoms with Crippen LogP contribution in [-0.2, 0) is 11.2 Å². The maximum absolute atomic E-state index is 12.9. The van der Waals surface area contributed by atoms with E-state index in [4.69, 9.17) is 9.84 Å². The molecule has 1 aliphatic heterocycles. The Morgan fingerprint density at radius 1 is 0.977 bits per heavy atom. The number of ether oxygens (including phenoxy) is 1. The summed E-state index contributed by atoms with van der Waals surface area (Å²) in [5, 5.41) is 11.1. The van der Waals surface area contributed by atoms with Gasteiger partial charge in [0.25, 0.3) is 0 Å². The van der Waals surface area contributed by atoms with Crippen molar-refractivity contribution in [3.63, 3.8) is 0 Å². The minimum Gasteiger partial charge on any atom is -0.424 e. The fourth-order valence-corrected chi connectivity index (χ4v) is 5.80. The van der Waals surface area contributed by atoms with E-state index in [1.165, 1.54) is 23.7 Å². The van der Waals surface area contributed by atoms with E-state index in [0.29, 0.717) is 29.6 Å². The molecule has 44 heavy (non-hydrogen) atoms. The maximum atomic E-state index is 12.9. The van der Waals surface area contributed by atoms with Gasteiger partial charge in [-0.15, -0.1) is 0 Å². The van der Waals surface area contributed by atoms with Crippen molar-refractivity contribution in [1.29, 1.82) is 0 Å². The number of aromatic nitrogens is 5. The Hall–Kier alpha value is -5.10. The zero-order valence-electron chi connectivity index (χ0n) is 24.4. The summed E-state index contributed by atoms with van der Waals surface area (Å²) >= 11 is 1.50. The van der Waals surface area contributed by atoms with Crippen LogP contribution in [0.25, 0.3) is 16.1 Å². The molecule has 6 rings (SSSR count). The zero-order chi connectivity index (χ0) is 30.5. The van der Waals surface area contributed by atoms with Gasteiger partial charge in [-0.3, -0.25) is 15.0 Å². The number of hydrogen-bond donors (Lipinski definition) is 2. The second-order valence-corrected chi connectivity index (χ2v) is 11.8. The van der Waals surface area contributed by atoms with E-state index in [1.54, 1.807) is 15.8 Å². The topological polar surface area (TPSA) is 127 Å². The molecule has 5 aromatic rings. The van der Waals surface area contributed by atoms with Crippen LogP contribution in [0.15, 0.2) is 79.3 Å². The van der Waals surface area contributed by atoms with Gasteiger partial charge in [0.1, 0.15) is 11.6 Å². The first-order valence-corrected chi connectivity index (χ1v) is 15.3.